The monoisotopic (exact) mass is 428 g/mol. The predicted octanol–water partition coefficient (Wildman–Crippen LogP) is 6.01. The van der Waals surface area contributed by atoms with Gasteiger partial charge in [-0.25, -0.2) is 4.98 Å². The Bertz CT molecular complexity index is 1110. The number of benzene rings is 2. The molecule has 1 unspecified atom stereocenters. The van der Waals surface area contributed by atoms with Gasteiger partial charge in [0.1, 0.15) is 23.1 Å². The van der Waals surface area contributed by atoms with Crippen molar-refractivity contribution in [3.8, 4) is 17.6 Å². The fourth-order valence-electron chi connectivity index (χ4n) is 3.96. The highest BCUT2D eigenvalue weighted by Gasteiger charge is 2.16. The molecule has 0 saturated carbocycles. The second-order valence-electron chi connectivity index (χ2n) is 8.23. The number of hydrogen-bond acceptors (Lipinski definition) is 6. The second-order valence-corrected chi connectivity index (χ2v) is 8.23. The molecule has 0 spiro atoms. The van der Waals surface area contributed by atoms with Gasteiger partial charge in [-0.1, -0.05) is 17.7 Å². The Morgan fingerprint density at radius 3 is 2.44 bits per heavy atom. The Labute approximate surface area is 189 Å². The van der Waals surface area contributed by atoms with Crippen LogP contribution in [0.4, 0.5) is 17.3 Å². The lowest BCUT2D eigenvalue weighted by Crippen LogP contribution is -2.19. The quantitative estimate of drug-likeness (QED) is 0.480. The maximum absolute atomic E-state index is 9.02. The van der Waals surface area contributed by atoms with E-state index in [1.54, 1.807) is 12.1 Å². The van der Waals surface area contributed by atoms with Crippen LogP contribution in [0.2, 0.25) is 0 Å². The van der Waals surface area contributed by atoms with Crippen LogP contribution in [0.1, 0.15) is 35.1 Å². The van der Waals surface area contributed by atoms with Gasteiger partial charge in [0.05, 0.1) is 17.7 Å². The molecular weight excluding hydrogens is 400 g/mol. The Morgan fingerprint density at radius 2 is 1.78 bits per heavy atom. The van der Waals surface area contributed by atoms with Crippen molar-refractivity contribution in [1.82, 2.24) is 4.98 Å². The van der Waals surface area contributed by atoms with E-state index in [1.807, 2.05) is 24.3 Å². The largest absolute Gasteiger partial charge is 0.457 e. The van der Waals surface area contributed by atoms with Crippen molar-refractivity contribution in [2.75, 3.05) is 23.8 Å². The first-order chi connectivity index (χ1) is 15.5. The molecule has 2 N–H and O–H groups in total. The number of aromatic nitrogens is 1. The van der Waals surface area contributed by atoms with E-state index in [2.05, 4.69) is 49.6 Å². The SMILES string of the molecule is Cc1cc(C)c(Oc2cc(NCC3CCCO3)nc(Nc3ccc(C#N)cc3)c2)c(C)c1. The highest BCUT2D eigenvalue weighted by molar-refractivity contribution is 5.62. The molecule has 32 heavy (non-hydrogen) atoms. The lowest BCUT2D eigenvalue weighted by atomic mass is 10.1. The van der Waals surface area contributed by atoms with Crippen molar-refractivity contribution in [2.24, 2.45) is 0 Å². The van der Waals surface area contributed by atoms with Crippen molar-refractivity contribution in [3.05, 3.63) is 70.8 Å². The van der Waals surface area contributed by atoms with Gasteiger partial charge in [0.15, 0.2) is 0 Å². The maximum Gasteiger partial charge on any atom is 0.136 e. The molecule has 2 aromatic carbocycles. The Morgan fingerprint density at radius 1 is 1.06 bits per heavy atom. The van der Waals surface area contributed by atoms with Crippen molar-refractivity contribution in [1.29, 1.82) is 5.26 Å². The van der Waals surface area contributed by atoms with Crippen molar-refractivity contribution < 1.29 is 9.47 Å². The van der Waals surface area contributed by atoms with Gasteiger partial charge in [0.2, 0.25) is 0 Å². The standard InChI is InChI=1S/C26H28N4O2/c1-17-11-18(2)26(19(3)12-17)32-23-13-24(28-16-22-5-4-10-31-22)30-25(14-23)29-21-8-6-20(15-27)7-9-21/h6-9,11-14,22H,4-5,10,16H2,1-3H3,(H2,28,29,30). The van der Waals surface area contributed by atoms with Gasteiger partial charge in [0, 0.05) is 31.0 Å². The highest BCUT2D eigenvalue weighted by atomic mass is 16.5. The van der Waals surface area contributed by atoms with Gasteiger partial charge in [-0.05, 0) is 69.0 Å². The molecule has 4 rings (SSSR count). The van der Waals surface area contributed by atoms with E-state index < -0.39 is 0 Å². The first-order valence-electron chi connectivity index (χ1n) is 10.9. The molecule has 164 valence electrons. The molecule has 1 aliphatic rings. The number of hydrogen-bond donors (Lipinski definition) is 2. The van der Waals surface area contributed by atoms with Crippen LogP contribution < -0.4 is 15.4 Å². The summed E-state index contributed by atoms with van der Waals surface area (Å²) in [6, 6.07) is 17.5. The summed E-state index contributed by atoms with van der Waals surface area (Å²) in [6.07, 6.45) is 2.36. The van der Waals surface area contributed by atoms with Crippen LogP contribution in [0.3, 0.4) is 0 Å². The summed E-state index contributed by atoms with van der Waals surface area (Å²) < 4.78 is 12.1. The Balaban J connectivity index is 1.60. The molecule has 1 fully saturated rings. The molecule has 1 aromatic heterocycles. The van der Waals surface area contributed by atoms with E-state index in [4.69, 9.17) is 19.7 Å². The van der Waals surface area contributed by atoms with Crippen LogP contribution in [0.5, 0.6) is 11.5 Å². The second kappa shape index (κ2) is 9.71. The van der Waals surface area contributed by atoms with E-state index in [1.165, 1.54) is 5.56 Å². The van der Waals surface area contributed by atoms with E-state index >= 15 is 0 Å². The van der Waals surface area contributed by atoms with Gasteiger partial charge >= 0.3 is 0 Å². The summed E-state index contributed by atoms with van der Waals surface area (Å²) in [7, 11) is 0. The van der Waals surface area contributed by atoms with E-state index in [0.717, 1.165) is 47.8 Å². The van der Waals surface area contributed by atoms with Gasteiger partial charge in [-0.3, -0.25) is 0 Å². The van der Waals surface area contributed by atoms with Crippen LogP contribution in [0.25, 0.3) is 0 Å². The Kier molecular flexibility index (Phi) is 6.58. The zero-order valence-electron chi connectivity index (χ0n) is 18.7. The summed E-state index contributed by atoms with van der Waals surface area (Å²) in [6.45, 7) is 7.73. The van der Waals surface area contributed by atoms with Gasteiger partial charge in [-0.2, -0.15) is 5.26 Å². The summed E-state index contributed by atoms with van der Waals surface area (Å²) in [5.74, 6) is 2.93. The maximum atomic E-state index is 9.02. The molecule has 3 aromatic rings. The topological polar surface area (TPSA) is 79.2 Å². The molecule has 6 heteroatoms. The molecule has 1 atom stereocenters. The number of nitrogens with zero attached hydrogens (tertiary/aromatic N) is 2. The third-order valence-electron chi connectivity index (χ3n) is 5.44. The third kappa shape index (κ3) is 5.37. The summed E-state index contributed by atoms with van der Waals surface area (Å²) in [4.78, 5) is 4.71. The summed E-state index contributed by atoms with van der Waals surface area (Å²) in [5.41, 5.74) is 4.86. The van der Waals surface area contributed by atoms with Crippen molar-refractivity contribution >= 4 is 17.3 Å². The van der Waals surface area contributed by atoms with Gasteiger partial charge in [-0.15, -0.1) is 0 Å². The van der Waals surface area contributed by atoms with E-state index in [-0.39, 0.29) is 6.10 Å². The first-order valence-corrected chi connectivity index (χ1v) is 10.9. The van der Waals surface area contributed by atoms with Crippen LogP contribution in [0, 0.1) is 32.1 Å². The van der Waals surface area contributed by atoms with Crippen LogP contribution in [-0.4, -0.2) is 24.2 Å². The van der Waals surface area contributed by atoms with Crippen LogP contribution >= 0.6 is 0 Å². The molecule has 0 bridgehead atoms. The number of pyridine rings is 1. The van der Waals surface area contributed by atoms with Crippen molar-refractivity contribution in [3.63, 3.8) is 0 Å². The minimum atomic E-state index is 0.206. The molecule has 0 aliphatic carbocycles. The number of nitriles is 1. The molecule has 0 radical (unpaired) electrons. The van der Waals surface area contributed by atoms with E-state index in [0.29, 0.717) is 23.7 Å². The van der Waals surface area contributed by atoms with Crippen molar-refractivity contribution in [2.45, 2.75) is 39.7 Å². The number of nitrogens with one attached hydrogen (secondary N) is 2. The molecule has 6 nitrogen and oxygen atoms in total. The normalized spacial score (nSPS) is 15.2. The minimum Gasteiger partial charge on any atom is -0.457 e. The number of rotatable bonds is 7. The number of aryl methyl sites for hydroxylation is 3. The summed E-state index contributed by atoms with van der Waals surface area (Å²) >= 11 is 0. The van der Waals surface area contributed by atoms with Gasteiger partial charge in [0.25, 0.3) is 0 Å². The average molecular weight is 429 g/mol. The molecule has 1 aliphatic heterocycles. The van der Waals surface area contributed by atoms with Crippen LogP contribution in [-0.2, 0) is 4.74 Å². The first kappa shape index (κ1) is 21.7. The lowest BCUT2D eigenvalue weighted by Gasteiger charge is -2.17. The zero-order chi connectivity index (χ0) is 22.5. The highest BCUT2D eigenvalue weighted by Crippen LogP contribution is 2.32. The molecule has 1 saturated heterocycles. The molecule has 0 amide bonds. The predicted molar refractivity (Wildman–Crippen MR) is 127 cm³/mol. The third-order valence-corrected chi connectivity index (χ3v) is 5.44. The molecule has 2 heterocycles. The fraction of sp³-hybridized carbons (Fsp3) is 0.308. The smallest absolute Gasteiger partial charge is 0.136 e. The number of anilines is 3. The average Bonchev–Trinajstić information content (AvgIpc) is 3.29. The number of ether oxygens (including phenoxy) is 2. The van der Waals surface area contributed by atoms with E-state index in [9.17, 15) is 0 Å². The molecular formula is C26H28N4O2. The lowest BCUT2D eigenvalue weighted by molar-refractivity contribution is 0.120. The Hall–Kier alpha value is -3.56. The minimum absolute atomic E-state index is 0.206. The summed E-state index contributed by atoms with van der Waals surface area (Å²) in [5, 5.41) is 15.7. The fourth-order valence-corrected chi connectivity index (χ4v) is 3.96. The zero-order valence-corrected chi connectivity index (χ0v) is 18.7. The van der Waals surface area contributed by atoms with Crippen LogP contribution in [0.15, 0.2) is 48.5 Å². The van der Waals surface area contributed by atoms with Gasteiger partial charge < -0.3 is 20.1 Å².